The highest BCUT2D eigenvalue weighted by Gasteiger charge is 2.26. The predicted octanol–water partition coefficient (Wildman–Crippen LogP) is 4.12. The van der Waals surface area contributed by atoms with Crippen molar-refractivity contribution in [1.29, 1.82) is 0 Å². The van der Waals surface area contributed by atoms with Crippen molar-refractivity contribution in [2.45, 2.75) is 31.6 Å². The second-order valence-electron chi connectivity index (χ2n) is 5.01. The summed E-state index contributed by atoms with van der Waals surface area (Å²) in [6, 6.07) is 8.32. The summed E-state index contributed by atoms with van der Waals surface area (Å²) in [6.45, 7) is 0. The number of hydrogen-bond acceptors (Lipinski definition) is 2. The summed E-state index contributed by atoms with van der Waals surface area (Å²) in [4.78, 5) is 13.8. The summed E-state index contributed by atoms with van der Waals surface area (Å²) in [7, 11) is 0. The van der Waals surface area contributed by atoms with E-state index in [0.717, 1.165) is 24.8 Å². The minimum atomic E-state index is -0.256. The molecule has 0 fully saturated rings. The number of benzene rings is 1. The zero-order chi connectivity index (χ0) is 13.2. The van der Waals surface area contributed by atoms with Crippen molar-refractivity contribution < 1.29 is 9.18 Å². The number of Topliss-reactive ketones (excluding diaryl/α,β-unsaturated/α-hetero) is 1. The van der Waals surface area contributed by atoms with Gasteiger partial charge in [-0.3, -0.25) is 4.79 Å². The third-order valence-electron chi connectivity index (χ3n) is 3.73. The van der Waals surface area contributed by atoms with Crippen molar-refractivity contribution in [1.82, 2.24) is 0 Å². The van der Waals surface area contributed by atoms with Crippen LogP contribution in [0.25, 0.3) is 0 Å². The summed E-state index contributed by atoms with van der Waals surface area (Å²) in [5.74, 6) is 0.0417. The molecule has 1 nitrogen and oxygen atoms in total. The third-order valence-corrected chi connectivity index (χ3v) is 4.73. The van der Waals surface area contributed by atoms with E-state index in [1.165, 1.54) is 22.6 Å². The van der Waals surface area contributed by atoms with Gasteiger partial charge in [0.2, 0.25) is 0 Å². The molecular weight excluding hydrogens is 259 g/mol. The second kappa shape index (κ2) is 5.25. The molecular formula is C16H15FOS. The monoisotopic (exact) mass is 274 g/mol. The Bertz CT molecular complexity index is 585. The number of hydrogen-bond donors (Lipinski definition) is 0. The molecule has 0 saturated carbocycles. The molecule has 0 spiro atoms. The predicted molar refractivity (Wildman–Crippen MR) is 75.1 cm³/mol. The van der Waals surface area contributed by atoms with E-state index in [-0.39, 0.29) is 17.5 Å². The minimum absolute atomic E-state index is 0.0417. The van der Waals surface area contributed by atoms with Gasteiger partial charge in [0.1, 0.15) is 11.6 Å². The Labute approximate surface area is 116 Å². The van der Waals surface area contributed by atoms with E-state index in [4.69, 9.17) is 0 Å². The van der Waals surface area contributed by atoms with E-state index >= 15 is 0 Å². The fourth-order valence-electron chi connectivity index (χ4n) is 2.75. The lowest BCUT2D eigenvalue weighted by Crippen LogP contribution is -2.18. The maximum atomic E-state index is 12.9. The molecule has 1 aliphatic carbocycles. The van der Waals surface area contributed by atoms with Crippen molar-refractivity contribution >= 4 is 17.1 Å². The van der Waals surface area contributed by atoms with Gasteiger partial charge >= 0.3 is 0 Å². The Morgan fingerprint density at radius 1 is 1.26 bits per heavy atom. The van der Waals surface area contributed by atoms with Crippen molar-refractivity contribution in [3.63, 3.8) is 0 Å². The Morgan fingerprint density at radius 2 is 2.05 bits per heavy atom. The molecule has 0 saturated heterocycles. The number of halogens is 1. The van der Waals surface area contributed by atoms with Crippen molar-refractivity contribution in [2.24, 2.45) is 0 Å². The Kier molecular flexibility index (Phi) is 3.47. The van der Waals surface area contributed by atoms with Gasteiger partial charge in [-0.15, -0.1) is 11.3 Å². The van der Waals surface area contributed by atoms with Crippen LogP contribution in [0.3, 0.4) is 0 Å². The number of aryl methyl sites for hydroxylation is 1. The zero-order valence-corrected chi connectivity index (χ0v) is 11.4. The lowest BCUT2D eigenvalue weighted by atomic mass is 9.83. The first-order chi connectivity index (χ1) is 9.24. The molecule has 1 aliphatic rings. The molecule has 1 aromatic carbocycles. The molecule has 0 amide bonds. The Balaban J connectivity index is 1.77. The fourth-order valence-corrected chi connectivity index (χ4v) is 3.73. The average Bonchev–Trinajstić information content (AvgIpc) is 2.89. The van der Waals surface area contributed by atoms with Crippen LogP contribution in [-0.4, -0.2) is 5.78 Å². The highest BCUT2D eigenvalue weighted by atomic mass is 32.1. The lowest BCUT2D eigenvalue weighted by molar-refractivity contribution is -0.120. The molecule has 1 unspecified atom stereocenters. The largest absolute Gasteiger partial charge is 0.299 e. The Morgan fingerprint density at radius 3 is 2.84 bits per heavy atom. The maximum absolute atomic E-state index is 12.9. The van der Waals surface area contributed by atoms with Gasteiger partial charge in [0.25, 0.3) is 0 Å². The molecule has 19 heavy (non-hydrogen) atoms. The van der Waals surface area contributed by atoms with E-state index in [2.05, 4.69) is 11.4 Å². The number of fused-ring (bicyclic) bond motifs is 1. The van der Waals surface area contributed by atoms with Gasteiger partial charge in [0, 0.05) is 17.2 Å². The normalized spacial score (nSPS) is 18.1. The van der Waals surface area contributed by atoms with Gasteiger partial charge in [0.05, 0.1) is 0 Å². The smallest absolute Gasteiger partial charge is 0.144 e. The number of ketones is 1. The first-order valence-electron chi connectivity index (χ1n) is 6.57. The van der Waals surface area contributed by atoms with E-state index < -0.39 is 0 Å². The second-order valence-corrected chi connectivity index (χ2v) is 6.01. The summed E-state index contributed by atoms with van der Waals surface area (Å²) >= 11 is 1.75. The minimum Gasteiger partial charge on any atom is -0.299 e. The SMILES string of the molecule is O=C(Cc1ccc(F)cc1)C1CCCc2sccc21. The average molecular weight is 274 g/mol. The standard InChI is InChI=1S/C16H15FOS/c17-12-6-4-11(5-7-12)10-15(18)13-2-1-3-16-14(13)8-9-19-16/h4-9,13H,1-3,10H2. The van der Waals surface area contributed by atoms with Crippen molar-refractivity contribution in [3.8, 4) is 0 Å². The van der Waals surface area contributed by atoms with Crippen LogP contribution in [0.1, 0.15) is 34.8 Å². The van der Waals surface area contributed by atoms with Crippen LogP contribution in [-0.2, 0) is 17.6 Å². The van der Waals surface area contributed by atoms with E-state index in [0.29, 0.717) is 6.42 Å². The first-order valence-corrected chi connectivity index (χ1v) is 7.45. The Hall–Kier alpha value is -1.48. The lowest BCUT2D eigenvalue weighted by Gasteiger charge is -2.21. The van der Waals surface area contributed by atoms with Gasteiger partial charge < -0.3 is 0 Å². The summed E-state index contributed by atoms with van der Waals surface area (Å²) in [6.07, 6.45) is 3.55. The molecule has 0 N–H and O–H groups in total. The summed E-state index contributed by atoms with van der Waals surface area (Å²) in [5, 5.41) is 2.08. The molecule has 0 radical (unpaired) electrons. The van der Waals surface area contributed by atoms with Crippen LogP contribution in [0, 0.1) is 5.82 Å². The quantitative estimate of drug-likeness (QED) is 0.823. The molecule has 98 valence electrons. The summed E-state index contributed by atoms with van der Waals surface area (Å²) in [5.41, 5.74) is 2.12. The van der Waals surface area contributed by atoms with Crippen LogP contribution in [0.15, 0.2) is 35.7 Å². The molecule has 3 rings (SSSR count). The van der Waals surface area contributed by atoms with Gasteiger partial charge in [-0.1, -0.05) is 12.1 Å². The van der Waals surface area contributed by atoms with E-state index in [1.54, 1.807) is 23.5 Å². The van der Waals surface area contributed by atoms with E-state index in [1.807, 2.05) is 0 Å². The van der Waals surface area contributed by atoms with Crippen LogP contribution < -0.4 is 0 Å². The highest BCUT2D eigenvalue weighted by Crippen LogP contribution is 2.36. The number of rotatable bonds is 3. The number of carbonyl (C=O) groups excluding carboxylic acids is 1. The molecule has 0 bridgehead atoms. The van der Waals surface area contributed by atoms with Gasteiger partial charge in [0.15, 0.2) is 0 Å². The highest BCUT2D eigenvalue weighted by molar-refractivity contribution is 7.10. The number of carbonyl (C=O) groups is 1. The molecule has 1 heterocycles. The van der Waals surface area contributed by atoms with Crippen molar-refractivity contribution in [2.75, 3.05) is 0 Å². The van der Waals surface area contributed by atoms with Gasteiger partial charge in [-0.2, -0.15) is 0 Å². The first kappa shape index (κ1) is 12.5. The fraction of sp³-hybridized carbons (Fsp3) is 0.312. The van der Waals surface area contributed by atoms with E-state index in [9.17, 15) is 9.18 Å². The van der Waals surface area contributed by atoms with Crippen molar-refractivity contribution in [3.05, 3.63) is 57.5 Å². The number of thiophene rings is 1. The molecule has 0 aliphatic heterocycles. The topological polar surface area (TPSA) is 17.1 Å². The summed E-state index contributed by atoms with van der Waals surface area (Å²) < 4.78 is 12.9. The third kappa shape index (κ3) is 2.61. The molecule has 1 aromatic heterocycles. The maximum Gasteiger partial charge on any atom is 0.144 e. The molecule has 2 aromatic rings. The zero-order valence-electron chi connectivity index (χ0n) is 10.6. The molecule has 3 heteroatoms. The van der Waals surface area contributed by atoms with Crippen LogP contribution >= 0.6 is 11.3 Å². The van der Waals surface area contributed by atoms with Crippen LogP contribution in [0.4, 0.5) is 4.39 Å². The molecule has 1 atom stereocenters. The van der Waals surface area contributed by atoms with Crippen LogP contribution in [0.5, 0.6) is 0 Å². The van der Waals surface area contributed by atoms with Crippen LogP contribution in [0.2, 0.25) is 0 Å². The van der Waals surface area contributed by atoms with Gasteiger partial charge in [-0.05, 0) is 54.0 Å². The van der Waals surface area contributed by atoms with Gasteiger partial charge in [-0.25, -0.2) is 4.39 Å².